The minimum absolute atomic E-state index is 0. The second-order valence-corrected chi connectivity index (χ2v) is 5.51. The Bertz CT molecular complexity index is 371. The molecule has 1 N–H and O–H groups in total. The highest BCUT2D eigenvalue weighted by Crippen LogP contribution is 2.23. The summed E-state index contributed by atoms with van der Waals surface area (Å²) >= 11 is 0. The predicted molar refractivity (Wildman–Crippen MR) is 80.5 cm³/mol. The van der Waals surface area contributed by atoms with Gasteiger partial charge in [-0.25, -0.2) is 0 Å². The van der Waals surface area contributed by atoms with Crippen LogP contribution in [0.15, 0.2) is 24.3 Å². The third kappa shape index (κ3) is 3.71. The van der Waals surface area contributed by atoms with Gasteiger partial charge in [0, 0.05) is 31.2 Å². The summed E-state index contributed by atoms with van der Waals surface area (Å²) in [7, 11) is 0. The van der Waals surface area contributed by atoms with E-state index in [1.807, 2.05) is 0 Å². The lowest BCUT2D eigenvalue weighted by Gasteiger charge is -2.40. The molecule has 2 rings (SSSR count). The molecule has 0 radical (unpaired) electrons. The predicted octanol–water partition coefficient (Wildman–Crippen LogP) is 3.16. The number of nitrogens with zero attached hydrogens (tertiary/aromatic N) is 1. The van der Waals surface area contributed by atoms with Gasteiger partial charge in [-0.15, -0.1) is 12.4 Å². The van der Waals surface area contributed by atoms with Gasteiger partial charge in [-0.1, -0.05) is 29.8 Å². The third-order valence-corrected chi connectivity index (χ3v) is 3.66. The van der Waals surface area contributed by atoms with Crippen molar-refractivity contribution in [1.29, 1.82) is 0 Å². The maximum Gasteiger partial charge on any atom is 0.0321 e. The molecule has 0 amide bonds. The molecule has 0 aliphatic carbocycles. The quantitative estimate of drug-likeness (QED) is 0.886. The minimum atomic E-state index is 0. The summed E-state index contributed by atoms with van der Waals surface area (Å²) in [6.07, 6.45) is 0. The van der Waals surface area contributed by atoms with Crippen LogP contribution in [0.2, 0.25) is 0 Å². The van der Waals surface area contributed by atoms with Crippen molar-refractivity contribution >= 4 is 12.4 Å². The van der Waals surface area contributed by atoms with E-state index in [-0.39, 0.29) is 12.4 Å². The highest BCUT2D eigenvalue weighted by molar-refractivity contribution is 5.85. The molecule has 3 heteroatoms. The molecule has 0 bridgehead atoms. The smallest absolute Gasteiger partial charge is 0.0321 e. The van der Waals surface area contributed by atoms with Crippen LogP contribution in [-0.2, 0) is 0 Å². The first kappa shape index (κ1) is 15.5. The maximum atomic E-state index is 3.59. The number of hydrogen-bond acceptors (Lipinski definition) is 2. The van der Waals surface area contributed by atoms with Crippen LogP contribution in [-0.4, -0.2) is 30.1 Å². The Labute approximate surface area is 117 Å². The molecule has 1 aromatic rings. The lowest BCUT2D eigenvalue weighted by molar-refractivity contribution is 0.131. The second kappa shape index (κ2) is 6.55. The van der Waals surface area contributed by atoms with Gasteiger partial charge in [0.15, 0.2) is 0 Å². The number of piperazine rings is 1. The molecule has 1 aliphatic rings. The van der Waals surface area contributed by atoms with Gasteiger partial charge in [0.25, 0.3) is 0 Å². The molecule has 0 saturated carbocycles. The van der Waals surface area contributed by atoms with E-state index >= 15 is 0 Å². The Morgan fingerprint density at radius 1 is 1.22 bits per heavy atom. The van der Waals surface area contributed by atoms with Crippen molar-refractivity contribution in [3.8, 4) is 0 Å². The Kier molecular flexibility index (Phi) is 5.64. The fourth-order valence-electron chi connectivity index (χ4n) is 2.83. The van der Waals surface area contributed by atoms with E-state index in [9.17, 15) is 0 Å². The second-order valence-electron chi connectivity index (χ2n) is 5.51. The Balaban J connectivity index is 0.00000162. The van der Waals surface area contributed by atoms with Crippen molar-refractivity contribution in [2.45, 2.75) is 45.8 Å². The zero-order valence-electron chi connectivity index (χ0n) is 11.8. The maximum absolute atomic E-state index is 3.59. The van der Waals surface area contributed by atoms with E-state index in [0.29, 0.717) is 18.1 Å². The van der Waals surface area contributed by atoms with E-state index in [1.165, 1.54) is 11.1 Å². The van der Waals surface area contributed by atoms with Crippen LogP contribution in [0.25, 0.3) is 0 Å². The topological polar surface area (TPSA) is 15.3 Å². The highest BCUT2D eigenvalue weighted by Gasteiger charge is 2.25. The molecular weight excluding hydrogens is 244 g/mol. The summed E-state index contributed by atoms with van der Waals surface area (Å²) in [5.41, 5.74) is 2.79. The summed E-state index contributed by atoms with van der Waals surface area (Å²) in [4.78, 5) is 2.58. The molecule has 1 aromatic carbocycles. The van der Waals surface area contributed by atoms with Crippen LogP contribution in [0, 0.1) is 6.92 Å². The first-order valence-corrected chi connectivity index (χ1v) is 6.63. The Morgan fingerprint density at radius 3 is 2.39 bits per heavy atom. The lowest BCUT2D eigenvalue weighted by atomic mass is 10.0. The van der Waals surface area contributed by atoms with Gasteiger partial charge in [-0.3, -0.25) is 4.90 Å². The number of halogens is 1. The lowest BCUT2D eigenvalue weighted by Crippen LogP contribution is -2.54. The molecule has 1 fully saturated rings. The van der Waals surface area contributed by atoms with Crippen molar-refractivity contribution in [1.82, 2.24) is 10.2 Å². The molecule has 18 heavy (non-hydrogen) atoms. The van der Waals surface area contributed by atoms with Gasteiger partial charge in [-0.05, 0) is 33.3 Å². The van der Waals surface area contributed by atoms with Crippen molar-refractivity contribution in [2.75, 3.05) is 13.1 Å². The molecular formula is C15H25ClN2. The number of rotatable bonds is 2. The van der Waals surface area contributed by atoms with E-state index < -0.39 is 0 Å². The van der Waals surface area contributed by atoms with E-state index in [2.05, 4.69) is 62.2 Å². The number of hydrogen-bond donors (Lipinski definition) is 1. The number of aryl methyl sites for hydroxylation is 1. The number of benzene rings is 1. The third-order valence-electron chi connectivity index (χ3n) is 3.66. The monoisotopic (exact) mass is 268 g/mol. The fraction of sp³-hybridized carbons (Fsp3) is 0.600. The molecule has 1 saturated heterocycles. The zero-order valence-corrected chi connectivity index (χ0v) is 12.6. The van der Waals surface area contributed by atoms with E-state index in [0.717, 1.165) is 13.1 Å². The minimum Gasteiger partial charge on any atom is -0.309 e. The SMILES string of the molecule is Cc1cccc(C(C)N2CC(C)NC(C)C2)c1.Cl. The van der Waals surface area contributed by atoms with Gasteiger partial charge in [-0.2, -0.15) is 0 Å². The van der Waals surface area contributed by atoms with E-state index in [4.69, 9.17) is 0 Å². The fourth-order valence-corrected chi connectivity index (χ4v) is 2.83. The molecule has 0 aromatic heterocycles. The van der Waals surface area contributed by atoms with Crippen LogP contribution in [0.5, 0.6) is 0 Å². The van der Waals surface area contributed by atoms with Crippen LogP contribution >= 0.6 is 12.4 Å². The van der Waals surface area contributed by atoms with Gasteiger partial charge >= 0.3 is 0 Å². The molecule has 1 aliphatic heterocycles. The van der Waals surface area contributed by atoms with Crippen LogP contribution in [0.1, 0.15) is 37.9 Å². The molecule has 3 unspecified atom stereocenters. The van der Waals surface area contributed by atoms with Gasteiger partial charge in [0.2, 0.25) is 0 Å². The summed E-state index contributed by atoms with van der Waals surface area (Å²) < 4.78 is 0. The average Bonchev–Trinajstić information content (AvgIpc) is 2.26. The average molecular weight is 269 g/mol. The highest BCUT2D eigenvalue weighted by atomic mass is 35.5. The molecule has 2 nitrogen and oxygen atoms in total. The van der Waals surface area contributed by atoms with Crippen LogP contribution in [0.3, 0.4) is 0 Å². The Morgan fingerprint density at radius 2 is 1.83 bits per heavy atom. The van der Waals surface area contributed by atoms with Crippen molar-refractivity contribution in [2.24, 2.45) is 0 Å². The summed E-state index contributed by atoms with van der Waals surface area (Å²) in [5, 5.41) is 3.59. The van der Waals surface area contributed by atoms with Crippen molar-refractivity contribution in [3.05, 3.63) is 35.4 Å². The summed E-state index contributed by atoms with van der Waals surface area (Å²) in [5.74, 6) is 0. The Hall–Kier alpha value is -0.570. The first-order chi connectivity index (χ1) is 8.06. The zero-order chi connectivity index (χ0) is 12.4. The largest absolute Gasteiger partial charge is 0.309 e. The van der Waals surface area contributed by atoms with Gasteiger partial charge < -0.3 is 5.32 Å². The van der Waals surface area contributed by atoms with Gasteiger partial charge in [0.1, 0.15) is 0 Å². The van der Waals surface area contributed by atoms with Crippen molar-refractivity contribution < 1.29 is 0 Å². The summed E-state index contributed by atoms with van der Waals surface area (Å²) in [6, 6.07) is 10.6. The normalized spacial score (nSPS) is 26.4. The first-order valence-electron chi connectivity index (χ1n) is 6.63. The summed E-state index contributed by atoms with van der Waals surface area (Å²) in [6.45, 7) is 11.3. The van der Waals surface area contributed by atoms with Crippen LogP contribution in [0.4, 0.5) is 0 Å². The molecule has 102 valence electrons. The molecule has 0 spiro atoms. The van der Waals surface area contributed by atoms with Gasteiger partial charge in [0.05, 0.1) is 0 Å². The number of nitrogens with one attached hydrogen (secondary N) is 1. The van der Waals surface area contributed by atoms with Crippen LogP contribution < -0.4 is 5.32 Å². The van der Waals surface area contributed by atoms with Crippen molar-refractivity contribution in [3.63, 3.8) is 0 Å². The standard InChI is InChI=1S/C15H24N2.ClH/c1-11-6-5-7-15(8-11)14(4)17-9-12(2)16-13(3)10-17;/h5-8,12-14,16H,9-10H2,1-4H3;1H. The molecule has 3 atom stereocenters. The molecule has 1 heterocycles. The van der Waals surface area contributed by atoms with E-state index in [1.54, 1.807) is 0 Å².